The first-order valence-corrected chi connectivity index (χ1v) is 7.92. The lowest BCUT2D eigenvalue weighted by Crippen LogP contribution is -2.20. The fraction of sp³-hybridized carbons (Fsp3) is 0.188. The van der Waals surface area contributed by atoms with Crippen molar-refractivity contribution in [1.82, 2.24) is 34.8 Å². The van der Waals surface area contributed by atoms with Gasteiger partial charge in [0.2, 0.25) is 0 Å². The number of rotatable bonds is 6. The minimum absolute atomic E-state index is 0.0278. The Morgan fingerprint density at radius 1 is 1.27 bits per heavy atom. The number of nitrogens with one attached hydrogen (secondary N) is 1. The van der Waals surface area contributed by atoms with Crippen LogP contribution in [0.25, 0.3) is 22.5 Å². The van der Waals surface area contributed by atoms with E-state index in [9.17, 15) is 4.79 Å². The van der Waals surface area contributed by atoms with E-state index in [4.69, 9.17) is 9.63 Å². The van der Waals surface area contributed by atoms with Crippen LogP contribution < -0.4 is 5.32 Å². The lowest BCUT2D eigenvalue weighted by atomic mass is 10.2. The van der Waals surface area contributed by atoms with Gasteiger partial charge in [0.15, 0.2) is 5.82 Å². The summed E-state index contributed by atoms with van der Waals surface area (Å²) in [4.78, 5) is 18.9. The van der Waals surface area contributed by atoms with Gasteiger partial charge in [-0.3, -0.25) is 4.68 Å². The number of carbonyl (C=O) groups is 1. The van der Waals surface area contributed by atoms with Gasteiger partial charge in [-0.25, -0.2) is 9.78 Å². The predicted octanol–water partition coefficient (Wildman–Crippen LogP) is 1.75. The van der Waals surface area contributed by atoms with Crippen molar-refractivity contribution in [3.05, 3.63) is 48.8 Å². The minimum Gasteiger partial charge on any atom is -0.465 e. The molecular formula is C16H15N7O3. The third-order valence-corrected chi connectivity index (χ3v) is 3.84. The summed E-state index contributed by atoms with van der Waals surface area (Å²) in [5, 5.41) is 20.2. The van der Waals surface area contributed by atoms with E-state index in [1.807, 2.05) is 39.7 Å². The molecule has 10 heteroatoms. The Kier molecular flexibility index (Phi) is 4.06. The first-order chi connectivity index (χ1) is 12.7. The van der Waals surface area contributed by atoms with Gasteiger partial charge in [0.25, 0.3) is 5.89 Å². The Morgan fingerprint density at radius 2 is 2.15 bits per heavy atom. The van der Waals surface area contributed by atoms with Crippen LogP contribution >= 0.6 is 0 Å². The van der Waals surface area contributed by atoms with E-state index in [2.05, 4.69) is 25.5 Å². The van der Waals surface area contributed by atoms with E-state index in [0.717, 1.165) is 10.9 Å². The van der Waals surface area contributed by atoms with Crippen molar-refractivity contribution < 1.29 is 14.4 Å². The van der Waals surface area contributed by atoms with E-state index in [1.54, 1.807) is 12.5 Å². The standard InChI is InChI=1S/C16H15N7O3/c24-16(25)18-9-13-19-15(26-21-13)14-11-3-1-2-4-12(11)20-23(14)8-7-22-6-5-17-10-22/h1-6,10,18H,7-9H2,(H,24,25). The summed E-state index contributed by atoms with van der Waals surface area (Å²) in [5.41, 5.74) is 1.52. The molecule has 4 rings (SSSR count). The Labute approximate surface area is 147 Å². The highest BCUT2D eigenvalue weighted by Gasteiger charge is 2.19. The van der Waals surface area contributed by atoms with Crippen molar-refractivity contribution in [3.63, 3.8) is 0 Å². The van der Waals surface area contributed by atoms with Crippen molar-refractivity contribution in [1.29, 1.82) is 0 Å². The van der Waals surface area contributed by atoms with Gasteiger partial charge in [-0.1, -0.05) is 23.4 Å². The number of hydrogen-bond donors (Lipinski definition) is 2. The van der Waals surface area contributed by atoms with E-state index in [1.165, 1.54) is 0 Å². The summed E-state index contributed by atoms with van der Waals surface area (Å²) in [6.07, 6.45) is 4.20. The first-order valence-electron chi connectivity index (χ1n) is 7.92. The molecule has 2 N–H and O–H groups in total. The summed E-state index contributed by atoms with van der Waals surface area (Å²) in [6.45, 7) is 1.24. The average Bonchev–Trinajstić information content (AvgIpc) is 3.36. The maximum Gasteiger partial charge on any atom is 0.405 e. The first kappa shape index (κ1) is 15.8. The van der Waals surface area contributed by atoms with Crippen molar-refractivity contribution in [2.75, 3.05) is 0 Å². The van der Waals surface area contributed by atoms with E-state index in [-0.39, 0.29) is 12.4 Å². The third-order valence-electron chi connectivity index (χ3n) is 3.84. The van der Waals surface area contributed by atoms with Crippen LogP contribution in [0.4, 0.5) is 4.79 Å². The third kappa shape index (κ3) is 3.11. The Morgan fingerprint density at radius 3 is 2.96 bits per heavy atom. The van der Waals surface area contributed by atoms with Gasteiger partial charge in [0.05, 0.1) is 24.9 Å². The maximum atomic E-state index is 10.6. The Balaban J connectivity index is 1.68. The number of fused-ring (bicyclic) bond motifs is 1. The molecule has 0 radical (unpaired) electrons. The monoisotopic (exact) mass is 353 g/mol. The van der Waals surface area contributed by atoms with Crippen LogP contribution in [0.2, 0.25) is 0 Å². The topological polar surface area (TPSA) is 124 Å². The summed E-state index contributed by atoms with van der Waals surface area (Å²) in [7, 11) is 0. The highest BCUT2D eigenvalue weighted by molar-refractivity contribution is 5.91. The van der Waals surface area contributed by atoms with Crippen molar-refractivity contribution >= 4 is 17.0 Å². The Hall–Kier alpha value is -3.69. The smallest absolute Gasteiger partial charge is 0.405 e. The molecule has 132 valence electrons. The average molecular weight is 353 g/mol. The highest BCUT2D eigenvalue weighted by Crippen LogP contribution is 2.27. The molecule has 0 atom stereocenters. The number of hydrogen-bond acceptors (Lipinski definition) is 6. The van der Waals surface area contributed by atoms with E-state index in [0.29, 0.717) is 24.7 Å². The van der Waals surface area contributed by atoms with Crippen LogP contribution in [0.3, 0.4) is 0 Å². The van der Waals surface area contributed by atoms with Crippen LogP contribution in [0, 0.1) is 0 Å². The number of imidazole rings is 1. The van der Waals surface area contributed by atoms with E-state index >= 15 is 0 Å². The molecule has 0 aliphatic heterocycles. The zero-order chi connectivity index (χ0) is 17.9. The molecule has 0 bridgehead atoms. The number of benzene rings is 1. The van der Waals surface area contributed by atoms with Gasteiger partial charge in [0.1, 0.15) is 5.69 Å². The summed E-state index contributed by atoms with van der Waals surface area (Å²) in [6, 6.07) is 7.67. The second kappa shape index (κ2) is 6.67. The number of aryl methyl sites for hydroxylation is 2. The van der Waals surface area contributed by atoms with Crippen molar-refractivity contribution in [3.8, 4) is 11.6 Å². The zero-order valence-corrected chi connectivity index (χ0v) is 13.6. The molecule has 26 heavy (non-hydrogen) atoms. The molecule has 0 unspecified atom stereocenters. The minimum atomic E-state index is -1.15. The largest absolute Gasteiger partial charge is 0.465 e. The zero-order valence-electron chi connectivity index (χ0n) is 13.6. The van der Waals surface area contributed by atoms with Gasteiger partial charge in [-0.15, -0.1) is 0 Å². The molecule has 0 saturated heterocycles. The highest BCUT2D eigenvalue weighted by atomic mass is 16.5. The van der Waals surface area contributed by atoms with Crippen molar-refractivity contribution in [2.45, 2.75) is 19.6 Å². The molecule has 4 aromatic rings. The number of amides is 1. The molecule has 0 fully saturated rings. The second-order valence-corrected chi connectivity index (χ2v) is 5.56. The number of aromatic nitrogens is 6. The maximum absolute atomic E-state index is 10.6. The molecule has 1 amide bonds. The van der Waals surface area contributed by atoms with Gasteiger partial charge < -0.3 is 19.5 Å². The van der Waals surface area contributed by atoms with Crippen LogP contribution in [0.15, 0.2) is 47.5 Å². The van der Waals surface area contributed by atoms with Gasteiger partial charge in [0, 0.05) is 24.3 Å². The summed E-state index contributed by atoms with van der Waals surface area (Å²) >= 11 is 0. The Bertz CT molecular complexity index is 1040. The molecule has 0 aliphatic rings. The molecule has 0 saturated carbocycles. The predicted molar refractivity (Wildman–Crippen MR) is 90.1 cm³/mol. The number of nitrogens with zero attached hydrogens (tertiary/aromatic N) is 6. The SMILES string of the molecule is O=C(O)NCc1noc(-c2c3ccccc3nn2CCn2ccnc2)n1. The van der Waals surface area contributed by atoms with Crippen LogP contribution in [0.1, 0.15) is 5.82 Å². The van der Waals surface area contributed by atoms with Crippen molar-refractivity contribution in [2.24, 2.45) is 0 Å². The van der Waals surface area contributed by atoms with Gasteiger partial charge in [-0.2, -0.15) is 10.1 Å². The quantitative estimate of drug-likeness (QED) is 0.541. The van der Waals surface area contributed by atoms with Gasteiger partial charge >= 0.3 is 6.09 Å². The number of carboxylic acid groups (broad SMARTS) is 1. The molecule has 10 nitrogen and oxygen atoms in total. The molecule has 3 heterocycles. The second-order valence-electron chi connectivity index (χ2n) is 5.56. The molecule has 3 aromatic heterocycles. The normalized spacial score (nSPS) is 11.1. The molecule has 0 spiro atoms. The fourth-order valence-electron chi connectivity index (χ4n) is 2.67. The fourth-order valence-corrected chi connectivity index (χ4v) is 2.67. The summed E-state index contributed by atoms with van der Waals surface area (Å²) in [5.74, 6) is 0.556. The van der Waals surface area contributed by atoms with Crippen LogP contribution in [0.5, 0.6) is 0 Å². The molecule has 1 aromatic carbocycles. The van der Waals surface area contributed by atoms with Crippen LogP contribution in [-0.2, 0) is 19.6 Å². The van der Waals surface area contributed by atoms with Crippen LogP contribution in [-0.4, -0.2) is 40.7 Å². The summed E-state index contributed by atoms with van der Waals surface area (Å²) < 4.78 is 9.12. The van der Waals surface area contributed by atoms with Gasteiger partial charge in [-0.05, 0) is 6.07 Å². The lowest BCUT2D eigenvalue weighted by molar-refractivity contribution is 0.193. The lowest BCUT2D eigenvalue weighted by Gasteiger charge is -2.05. The molecule has 0 aliphatic carbocycles. The van der Waals surface area contributed by atoms with E-state index < -0.39 is 6.09 Å². The molecular weight excluding hydrogens is 338 g/mol.